The van der Waals surface area contributed by atoms with Gasteiger partial charge in [0.25, 0.3) is 5.91 Å². The summed E-state index contributed by atoms with van der Waals surface area (Å²) < 4.78 is 0. The van der Waals surface area contributed by atoms with Crippen LogP contribution in [-0.4, -0.2) is 35.9 Å². The largest absolute Gasteiger partial charge is 0.370 e. The Bertz CT molecular complexity index is 432. The molecule has 1 aromatic carbocycles. The standard InChI is InChI=1S/C13H18N4O.ClH/c14-13(15)17(11-6-8-16-9-7-11)12(18)10-4-2-1-3-5-10;/h1-5,11,16H,6-9H2,(H3,14,15);1H. The number of piperidine rings is 1. The minimum atomic E-state index is -0.185. The molecule has 6 heteroatoms. The van der Waals surface area contributed by atoms with E-state index in [0.29, 0.717) is 5.56 Å². The van der Waals surface area contributed by atoms with Crippen molar-refractivity contribution in [2.24, 2.45) is 5.73 Å². The molecule has 1 amide bonds. The van der Waals surface area contributed by atoms with E-state index < -0.39 is 0 Å². The molecule has 19 heavy (non-hydrogen) atoms. The maximum Gasteiger partial charge on any atom is 0.260 e. The van der Waals surface area contributed by atoms with Crippen molar-refractivity contribution >= 4 is 24.3 Å². The second kappa shape index (κ2) is 7.11. The molecule has 2 rings (SSSR count). The predicted molar refractivity (Wildman–Crippen MR) is 77.7 cm³/mol. The Labute approximate surface area is 119 Å². The van der Waals surface area contributed by atoms with E-state index in [1.165, 1.54) is 4.90 Å². The number of guanidine groups is 1. The van der Waals surface area contributed by atoms with E-state index in [1.807, 2.05) is 18.2 Å². The van der Waals surface area contributed by atoms with Crippen molar-refractivity contribution in [1.29, 1.82) is 5.41 Å². The van der Waals surface area contributed by atoms with Gasteiger partial charge >= 0.3 is 0 Å². The summed E-state index contributed by atoms with van der Waals surface area (Å²) in [5, 5.41) is 10.9. The maximum absolute atomic E-state index is 12.4. The van der Waals surface area contributed by atoms with Crippen molar-refractivity contribution < 1.29 is 4.79 Å². The van der Waals surface area contributed by atoms with Crippen molar-refractivity contribution in [3.05, 3.63) is 35.9 Å². The van der Waals surface area contributed by atoms with Crippen molar-refractivity contribution in [1.82, 2.24) is 10.2 Å². The van der Waals surface area contributed by atoms with Crippen LogP contribution in [0, 0.1) is 5.41 Å². The molecule has 0 spiro atoms. The second-order valence-electron chi connectivity index (χ2n) is 4.41. The molecule has 1 fully saturated rings. The third-order valence-electron chi connectivity index (χ3n) is 3.17. The van der Waals surface area contributed by atoms with Gasteiger partial charge in [-0.15, -0.1) is 12.4 Å². The summed E-state index contributed by atoms with van der Waals surface area (Å²) in [5.41, 5.74) is 6.15. The summed E-state index contributed by atoms with van der Waals surface area (Å²) in [6.45, 7) is 1.72. The van der Waals surface area contributed by atoms with Crippen LogP contribution in [0.5, 0.6) is 0 Å². The molecule has 1 aliphatic rings. The summed E-state index contributed by atoms with van der Waals surface area (Å²) >= 11 is 0. The lowest BCUT2D eigenvalue weighted by atomic mass is 10.0. The number of nitrogens with zero attached hydrogens (tertiary/aromatic N) is 1. The zero-order valence-electron chi connectivity index (χ0n) is 10.6. The third kappa shape index (κ3) is 3.68. The van der Waals surface area contributed by atoms with Gasteiger partial charge in [-0.25, -0.2) is 0 Å². The van der Waals surface area contributed by atoms with E-state index in [0.717, 1.165) is 25.9 Å². The number of rotatable bonds is 2. The smallest absolute Gasteiger partial charge is 0.260 e. The molecule has 1 heterocycles. The van der Waals surface area contributed by atoms with Crippen LogP contribution in [0.25, 0.3) is 0 Å². The molecule has 0 aliphatic carbocycles. The van der Waals surface area contributed by atoms with Gasteiger partial charge in [0.1, 0.15) is 0 Å². The second-order valence-corrected chi connectivity index (χ2v) is 4.41. The Kier molecular flexibility index (Phi) is 5.79. The molecule has 0 unspecified atom stereocenters. The number of amides is 1. The Morgan fingerprint density at radius 2 is 1.84 bits per heavy atom. The zero-order chi connectivity index (χ0) is 13.0. The summed E-state index contributed by atoms with van der Waals surface area (Å²) in [7, 11) is 0. The van der Waals surface area contributed by atoms with Crippen LogP contribution in [0.2, 0.25) is 0 Å². The Hall–Kier alpha value is -1.59. The molecule has 0 radical (unpaired) electrons. The molecule has 1 aromatic rings. The predicted octanol–water partition coefficient (Wildman–Crippen LogP) is 1.20. The van der Waals surface area contributed by atoms with E-state index in [1.54, 1.807) is 12.1 Å². The minimum absolute atomic E-state index is 0. The van der Waals surface area contributed by atoms with Gasteiger partial charge in [-0.2, -0.15) is 0 Å². The number of hydrogen-bond donors (Lipinski definition) is 3. The van der Waals surface area contributed by atoms with Crippen LogP contribution in [0.3, 0.4) is 0 Å². The average Bonchev–Trinajstić information content (AvgIpc) is 2.40. The number of nitrogens with two attached hydrogens (primary N) is 1. The first-order valence-electron chi connectivity index (χ1n) is 6.13. The average molecular weight is 283 g/mol. The highest BCUT2D eigenvalue weighted by molar-refractivity contribution is 6.04. The van der Waals surface area contributed by atoms with Crippen molar-refractivity contribution in [3.8, 4) is 0 Å². The Morgan fingerprint density at radius 1 is 1.26 bits per heavy atom. The lowest BCUT2D eigenvalue weighted by Crippen LogP contribution is -2.51. The van der Waals surface area contributed by atoms with Crippen molar-refractivity contribution in [2.45, 2.75) is 18.9 Å². The molecule has 1 saturated heterocycles. The summed E-state index contributed by atoms with van der Waals surface area (Å²) in [4.78, 5) is 13.8. The van der Waals surface area contributed by atoms with E-state index >= 15 is 0 Å². The molecule has 0 saturated carbocycles. The lowest BCUT2D eigenvalue weighted by molar-refractivity contribution is 0.0778. The molecular weight excluding hydrogens is 264 g/mol. The first-order valence-corrected chi connectivity index (χ1v) is 6.13. The van der Waals surface area contributed by atoms with Crippen molar-refractivity contribution in [3.63, 3.8) is 0 Å². The summed E-state index contributed by atoms with van der Waals surface area (Å²) in [6.07, 6.45) is 1.66. The zero-order valence-corrected chi connectivity index (χ0v) is 11.5. The molecular formula is C13H19ClN4O. The number of carbonyl (C=O) groups excluding carboxylic acids is 1. The van der Waals surface area contributed by atoms with Gasteiger partial charge < -0.3 is 11.1 Å². The van der Waals surface area contributed by atoms with Gasteiger partial charge in [0, 0.05) is 11.6 Å². The number of benzene rings is 1. The quantitative estimate of drug-likeness (QED) is 0.563. The van der Waals surface area contributed by atoms with Crippen LogP contribution in [0.1, 0.15) is 23.2 Å². The van der Waals surface area contributed by atoms with Crippen LogP contribution in [0.15, 0.2) is 30.3 Å². The van der Waals surface area contributed by atoms with Crippen LogP contribution in [0.4, 0.5) is 0 Å². The number of hydrogen-bond acceptors (Lipinski definition) is 3. The summed E-state index contributed by atoms with van der Waals surface area (Å²) in [6, 6.07) is 9.01. The fourth-order valence-corrected chi connectivity index (χ4v) is 2.26. The van der Waals surface area contributed by atoms with Crippen LogP contribution >= 0.6 is 12.4 Å². The molecule has 1 aliphatic heterocycles. The SMILES string of the molecule is Cl.N=C(N)N(C(=O)c1ccccc1)C1CCNCC1. The first-order chi connectivity index (χ1) is 8.70. The van der Waals surface area contributed by atoms with Gasteiger partial charge in [0.15, 0.2) is 5.96 Å². The van der Waals surface area contributed by atoms with E-state index in [9.17, 15) is 4.79 Å². The van der Waals surface area contributed by atoms with E-state index in [-0.39, 0.29) is 30.3 Å². The highest BCUT2D eigenvalue weighted by Crippen LogP contribution is 2.15. The molecule has 5 nitrogen and oxygen atoms in total. The number of carbonyl (C=O) groups is 1. The molecule has 0 bridgehead atoms. The van der Waals surface area contributed by atoms with Gasteiger partial charge in [0.2, 0.25) is 0 Å². The highest BCUT2D eigenvalue weighted by Gasteiger charge is 2.28. The minimum Gasteiger partial charge on any atom is -0.370 e. The fourth-order valence-electron chi connectivity index (χ4n) is 2.26. The number of nitrogens with one attached hydrogen (secondary N) is 2. The maximum atomic E-state index is 12.4. The van der Waals surface area contributed by atoms with Crippen LogP contribution < -0.4 is 11.1 Å². The fraction of sp³-hybridized carbons (Fsp3) is 0.385. The van der Waals surface area contributed by atoms with Gasteiger partial charge in [-0.1, -0.05) is 18.2 Å². The Balaban J connectivity index is 0.00000180. The summed E-state index contributed by atoms with van der Waals surface area (Å²) in [5.74, 6) is -0.356. The topological polar surface area (TPSA) is 82.2 Å². The molecule has 0 aromatic heterocycles. The van der Waals surface area contributed by atoms with Crippen molar-refractivity contribution in [2.75, 3.05) is 13.1 Å². The monoisotopic (exact) mass is 282 g/mol. The third-order valence-corrected chi connectivity index (χ3v) is 3.17. The van der Waals surface area contributed by atoms with Gasteiger partial charge in [-0.3, -0.25) is 15.1 Å². The van der Waals surface area contributed by atoms with Crippen LogP contribution in [-0.2, 0) is 0 Å². The van der Waals surface area contributed by atoms with Gasteiger partial charge in [0.05, 0.1) is 0 Å². The molecule has 4 N–H and O–H groups in total. The first kappa shape index (κ1) is 15.5. The number of halogens is 1. The molecule has 104 valence electrons. The molecule has 0 atom stereocenters. The highest BCUT2D eigenvalue weighted by atomic mass is 35.5. The Morgan fingerprint density at radius 3 is 2.37 bits per heavy atom. The lowest BCUT2D eigenvalue weighted by Gasteiger charge is -2.33. The normalized spacial score (nSPS) is 15.4. The van der Waals surface area contributed by atoms with E-state index in [2.05, 4.69) is 5.32 Å². The van der Waals surface area contributed by atoms with Gasteiger partial charge in [-0.05, 0) is 38.1 Å². The van der Waals surface area contributed by atoms with E-state index in [4.69, 9.17) is 11.1 Å².